The van der Waals surface area contributed by atoms with Crippen molar-refractivity contribution in [2.45, 2.75) is 39.2 Å². The van der Waals surface area contributed by atoms with Gasteiger partial charge in [-0.05, 0) is 24.7 Å². The molecule has 0 aromatic carbocycles. The Balaban J connectivity index is 2.80. The second kappa shape index (κ2) is 4.83. The lowest BCUT2D eigenvalue weighted by atomic mass is 9.71. The highest BCUT2D eigenvalue weighted by molar-refractivity contribution is 5.36. The zero-order valence-electron chi connectivity index (χ0n) is 8.99. The predicted molar refractivity (Wildman–Crippen MR) is 55.7 cm³/mol. The van der Waals surface area contributed by atoms with Crippen LogP contribution >= 0.6 is 0 Å². The highest BCUT2D eigenvalue weighted by Gasteiger charge is 2.34. The van der Waals surface area contributed by atoms with Crippen LogP contribution in [0.4, 0.5) is 0 Å². The van der Waals surface area contributed by atoms with Crippen LogP contribution in [0.15, 0.2) is 21.8 Å². The van der Waals surface area contributed by atoms with E-state index in [0.29, 0.717) is 0 Å². The molecule has 0 aromatic rings. The molecule has 0 N–H and O–H groups in total. The van der Waals surface area contributed by atoms with Crippen LogP contribution in [0.3, 0.4) is 0 Å². The summed E-state index contributed by atoms with van der Waals surface area (Å²) in [5.74, 6) is 0. The normalized spacial score (nSPS) is 26.5. The van der Waals surface area contributed by atoms with E-state index in [1.807, 2.05) is 0 Å². The van der Waals surface area contributed by atoms with Crippen LogP contribution in [0.5, 0.6) is 0 Å². The first-order valence-electron chi connectivity index (χ1n) is 4.92. The quantitative estimate of drug-likeness (QED) is 0.513. The molecule has 4 nitrogen and oxygen atoms in total. The van der Waals surface area contributed by atoms with E-state index < -0.39 is 0 Å². The fourth-order valence-electron chi connectivity index (χ4n) is 2.04. The van der Waals surface area contributed by atoms with Gasteiger partial charge in [0, 0.05) is 6.20 Å². The van der Waals surface area contributed by atoms with Crippen molar-refractivity contribution < 1.29 is 9.59 Å². The molecule has 1 saturated carbocycles. The third-order valence-corrected chi connectivity index (χ3v) is 2.83. The molecule has 1 aliphatic carbocycles. The van der Waals surface area contributed by atoms with E-state index >= 15 is 0 Å². The number of hydrogen-bond donors (Lipinski definition) is 0. The fourth-order valence-corrected chi connectivity index (χ4v) is 2.04. The van der Waals surface area contributed by atoms with Crippen molar-refractivity contribution in [3.8, 4) is 0 Å². The van der Waals surface area contributed by atoms with Gasteiger partial charge in [0.2, 0.25) is 12.2 Å². The summed E-state index contributed by atoms with van der Waals surface area (Å²) in [6, 6.07) is 0.0207. The first kappa shape index (κ1) is 11.6. The minimum atomic E-state index is -0.0695. The van der Waals surface area contributed by atoms with Crippen LogP contribution in [0.25, 0.3) is 0 Å². The second-order valence-electron chi connectivity index (χ2n) is 4.45. The molecule has 15 heavy (non-hydrogen) atoms. The summed E-state index contributed by atoms with van der Waals surface area (Å²) in [6.45, 7) is 4.10. The minimum Gasteiger partial charge on any atom is -0.211 e. The molecule has 0 aromatic heterocycles. The molecule has 0 bridgehead atoms. The molecule has 0 saturated heterocycles. The Kier molecular flexibility index (Phi) is 3.73. The van der Waals surface area contributed by atoms with Crippen molar-refractivity contribution in [1.82, 2.24) is 0 Å². The summed E-state index contributed by atoms with van der Waals surface area (Å²) in [4.78, 5) is 27.5. The van der Waals surface area contributed by atoms with Crippen molar-refractivity contribution in [3.63, 3.8) is 0 Å². The van der Waals surface area contributed by atoms with Crippen LogP contribution in [0.1, 0.15) is 33.1 Å². The van der Waals surface area contributed by atoms with E-state index in [4.69, 9.17) is 0 Å². The molecule has 0 aliphatic heterocycles. The first-order valence-corrected chi connectivity index (χ1v) is 4.92. The molecule has 1 aliphatic rings. The minimum absolute atomic E-state index is 0.0207. The third-order valence-electron chi connectivity index (χ3n) is 2.83. The van der Waals surface area contributed by atoms with Gasteiger partial charge in [-0.25, -0.2) is 14.6 Å². The fraction of sp³-hybridized carbons (Fsp3) is 0.636. The summed E-state index contributed by atoms with van der Waals surface area (Å²) in [6.07, 6.45) is 7.11. The maximum Gasteiger partial charge on any atom is 0.239 e. The molecule has 1 atom stereocenters. The number of carbonyl (C=O) groups excluding carboxylic acids is 2. The Labute approximate surface area is 88.8 Å². The van der Waals surface area contributed by atoms with Crippen LogP contribution in [0.2, 0.25) is 0 Å². The average molecular weight is 206 g/mol. The summed E-state index contributed by atoms with van der Waals surface area (Å²) in [7, 11) is 0. The number of nitrogens with zero attached hydrogens (tertiary/aromatic N) is 2. The molecule has 0 spiro atoms. The number of hydrogen-bond acceptors (Lipinski definition) is 4. The molecule has 1 unspecified atom stereocenters. The van der Waals surface area contributed by atoms with E-state index in [9.17, 15) is 9.59 Å². The Morgan fingerprint density at radius 3 is 2.67 bits per heavy atom. The maximum atomic E-state index is 10.2. The second-order valence-corrected chi connectivity index (χ2v) is 4.45. The summed E-state index contributed by atoms with van der Waals surface area (Å²) >= 11 is 0. The Morgan fingerprint density at radius 1 is 1.40 bits per heavy atom. The van der Waals surface area contributed by atoms with Crippen molar-refractivity contribution in [2.24, 2.45) is 15.4 Å². The zero-order valence-corrected chi connectivity index (χ0v) is 8.99. The molecule has 0 amide bonds. The number of aliphatic imine (C=N–C) groups is 2. The topological polar surface area (TPSA) is 58.9 Å². The maximum absolute atomic E-state index is 10.2. The third kappa shape index (κ3) is 2.98. The Morgan fingerprint density at radius 2 is 2.13 bits per heavy atom. The smallest absolute Gasteiger partial charge is 0.211 e. The number of isocyanates is 2. The van der Waals surface area contributed by atoms with Crippen molar-refractivity contribution in [3.05, 3.63) is 11.8 Å². The molecular formula is C11H14N2O2. The zero-order chi connectivity index (χ0) is 11.3. The highest BCUT2D eigenvalue weighted by atomic mass is 16.1. The molecule has 0 radical (unpaired) electrons. The molecule has 1 fully saturated rings. The summed E-state index contributed by atoms with van der Waals surface area (Å²) in [5, 5.41) is 0. The largest absolute Gasteiger partial charge is 0.239 e. The van der Waals surface area contributed by atoms with Gasteiger partial charge in [-0.3, -0.25) is 0 Å². The van der Waals surface area contributed by atoms with Gasteiger partial charge in [-0.1, -0.05) is 19.4 Å². The number of rotatable bonds is 2. The summed E-state index contributed by atoms with van der Waals surface area (Å²) < 4.78 is 0. The van der Waals surface area contributed by atoms with Gasteiger partial charge in [-0.2, -0.15) is 4.99 Å². The van der Waals surface area contributed by atoms with Gasteiger partial charge in [-0.15, -0.1) is 0 Å². The van der Waals surface area contributed by atoms with Crippen LogP contribution in [0, 0.1) is 5.41 Å². The highest BCUT2D eigenvalue weighted by Crippen LogP contribution is 2.40. The van der Waals surface area contributed by atoms with E-state index in [-0.39, 0.29) is 11.5 Å². The molecular weight excluding hydrogens is 192 g/mol. The molecule has 1 rings (SSSR count). The lowest BCUT2D eigenvalue weighted by molar-refractivity contribution is 0.241. The van der Waals surface area contributed by atoms with Crippen LogP contribution < -0.4 is 0 Å². The monoisotopic (exact) mass is 206 g/mol. The molecule has 4 heteroatoms. The van der Waals surface area contributed by atoms with E-state index in [1.54, 1.807) is 12.3 Å². The van der Waals surface area contributed by atoms with Crippen molar-refractivity contribution >= 4 is 12.2 Å². The lowest BCUT2D eigenvalue weighted by Gasteiger charge is -2.36. The van der Waals surface area contributed by atoms with E-state index in [0.717, 1.165) is 24.8 Å². The van der Waals surface area contributed by atoms with Crippen molar-refractivity contribution in [2.75, 3.05) is 0 Å². The molecule has 80 valence electrons. The Bertz CT molecular complexity index is 359. The van der Waals surface area contributed by atoms with E-state index in [2.05, 4.69) is 23.8 Å². The first-order chi connectivity index (χ1) is 7.10. The molecule has 0 heterocycles. The number of allylic oxidation sites excluding steroid dienone is 1. The van der Waals surface area contributed by atoms with Crippen molar-refractivity contribution in [1.29, 1.82) is 0 Å². The van der Waals surface area contributed by atoms with Gasteiger partial charge in [0.25, 0.3) is 0 Å². The van der Waals surface area contributed by atoms with Gasteiger partial charge >= 0.3 is 0 Å². The lowest BCUT2D eigenvalue weighted by Crippen LogP contribution is -2.32. The van der Waals surface area contributed by atoms with Crippen LogP contribution in [-0.4, -0.2) is 18.2 Å². The average Bonchev–Trinajstić information content (AvgIpc) is 2.18. The van der Waals surface area contributed by atoms with Gasteiger partial charge in [0.15, 0.2) is 0 Å². The van der Waals surface area contributed by atoms with Gasteiger partial charge in [0.05, 0.1) is 6.04 Å². The van der Waals surface area contributed by atoms with Gasteiger partial charge in [0.1, 0.15) is 0 Å². The Hall–Kier alpha value is -1.50. The van der Waals surface area contributed by atoms with Crippen LogP contribution in [-0.2, 0) is 9.59 Å². The summed E-state index contributed by atoms with van der Waals surface area (Å²) in [5.41, 5.74) is 1.04. The van der Waals surface area contributed by atoms with Gasteiger partial charge < -0.3 is 0 Å². The predicted octanol–water partition coefficient (Wildman–Crippen LogP) is 2.12. The SMILES string of the molecule is CC1(C)CC(=CN=C=O)CCC1N=C=O. The standard InChI is InChI=1S/C11H14N2O2/c1-11(2)5-9(6-12-7-14)3-4-10(11)13-8-15/h6,10H,3-5H2,1-2H3. The van der Waals surface area contributed by atoms with E-state index in [1.165, 1.54) is 6.08 Å².